The van der Waals surface area contributed by atoms with E-state index in [1.54, 1.807) is 0 Å². The molecule has 2 nitrogen and oxygen atoms in total. The molecule has 3 N–H and O–H groups in total. The van der Waals surface area contributed by atoms with Crippen LogP contribution in [0, 0.1) is 0 Å². The van der Waals surface area contributed by atoms with E-state index >= 15 is 0 Å². The van der Waals surface area contributed by atoms with E-state index in [0.29, 0.717) is 12.6 Å². The molecule has 1 rings (SSSR count). The van der Waals surface area contributed by atoms with Gasteiger partial charge in [0.15, 0.2) is 0 Å². The Bertz CT molecular complexity index is 275. The fraction of sp³-hybridized carbons (Fsp3) is 0.500. The number of rotatable bonds is 4. The van der Waals surface area contributed by atoms with Gasteiger partial charge < -0.3 is 11.1 Å². The van der Waals surface area contributed by atoms with E-state index in [1.807, 2.05) is 13.0 Å². The summed E-state index contributed by atoms with van der Waals surface area (Å²) in [6.45, 7) is 3.37. The first-order valence-electron chi connectivity index (χ1n) is 4.00. The molecule has 1 aromatic heterocycles. The summed E-state index contributed by atoms with van der Waals surface area (Å²) in [5, 5.41) is 3.24. The van der Waals surface area contributed by atoms with Crippen LogP contribution in [-0.2, 0) is 6.54 Å². The minimum absolute atomic E-state index is 0.301. The number of hydrogen-bond donors (Lipinski definition) is 2. The smallest absolute Gasteiger partial charge is 0.0989 e. The maximum Gasteiger partial charge on any atom is 0.0989 e. The predicted molar refractivity (Wildman–Crippen MR) is 59.7 cm³/mol. The molecule has 0 aliphatic carbocycles. The normalized spacial score (nSPS) is 13.2. The maximum atomic E-state index is 5.93. The first kappa shape index (κ1) is 11.3. The minimum atomic E-state index is 0.301. The van der Waals surface area contributed by atoms with E-state index in [2.05, 4.69) is 5.32 Å². The molecule has 0 bridgehead atoms. The molecule has 0 radical (unpaired) electrons. The second-order valence-corrected chi connectivity index (χ2v) is 5.15. The zero-order valence-electron chi connectivity index (χ0n) is 7.31. The zero-order valence-corrected chi connectivity index (χ0v) is 9.64. The van der Waals surface area contributed by atoms with Gasteiger partial charge in [-0.25, -0.2) is 0 Å². The molecule has 0 saturated heterocycles. The zero-order chi connectivity index (χ0) is 9.84. The lowest BCUT2D eigenvalue weighted by Gasteiger charge is -2.09. The lowest BCUT2D eigenvalue weighted by molar-refractivity contribution is 0.557. The van der Waals surface area contributed by atoms with Crippen LogP contribution in [-0.4, -0.2) is 12.6 Å². The summed E-state index contributed by atoms with van der Waals surface area (Å²) in [6, 6.07) is 2.18. The maximum absolute atomic E-state index is 5.93. The van der Waals surface area contributed by atoms with Crippen LogP contribution in [0.3, 0.4) is 0 Å². The first-order chi connectivity index (χ1) is 6.13. The van der Waals surface area contributed by atoms with Crippen LogP contribution in [0.15, 0.2) is 6.07 Å². The van der Waals surface area contributed by atoms with Crippen LogP contribution in [0.4, 0.5) is 0 Å². The van der Waals surface area contributed by atoms with Gasteiger partial charge in [0.25, 0.3) is 0 Å². The van der Waals surface area contributed by atoms with Gasteiger partial charge >= 0.3 is 0 Å². The summed E-state index contributed by atoms with van der Waals surface area (Å²) in [7, 11) is 0. The molecule has 1 heterocycles. The molecule has 13 heavy (non-hydrogen) atoms. The Labute approximate surface area is 92.0 Å². The average Bonchev–Trinajstić information content (AvgIpc) is 2.41. The molecule has 0 fully saturated rings. The van der Waals surface area contributed by atoms with Crippen molar-refractivity contribution in [3.8, 4) is 0 Å². The SMILES string of the molecule is C[C@@H](CN)NCc1cc(Cl)sc1Cl. The van der Waals surface area contributed by atoms with Crippen molar-refractivity contribution in [2.45, 2.75) is 19.5 Å². The number of halogens is 2. The molecule has 0 unspecified atom stereocenters. The van der Waals surface area contributed by atoms with Crippen molar-refractivity contribution in [1.82, 2.24) is 5.32 Å². The highest BCUT2D eigenvalue weighted by Crippen LogP contribution is 2.30. The molecular weight excluding hydrogens is 227 g/mol. The molecule has 74 valence electrons. The van der Waals surface area contributed by atoms with Gasteiger partial charge in [0.05, 0.1) is 8.67 Å². The monoisotopic (exact) mass is 238 g/mol. The Morgan fingerprint density at radius 1 is 1.62 bits per heavy atom. The average molecular weight is 239 g/mol. The standard InChI is InChI=1S/C8H12Cl2N2S/c1-5(3-11)12-4-6-2-7(9)13-8(6)10/h2,5,12H,3-4,11H2,1H3/t5-/m0/s1. The Balaban J connectivity index is 2.49. The molecule has 0 aliphatic rings. The fourth-order valence-electron chi connectivity index (χ4n) is 0.862. The molecule has 0 spiro atoms. The Morgan fingerprint density at radius 3 is 2.77 bits per heavy atom. The van der Waals surface area contributed by atoms with Crippen molar-refractivity contribution in [2.24, 2.45) is 5.73 Å². The van der Waals surface area contributed by atoms with E-state index in [-0.39, 0.29) is 0 Å². The van der Waals surface area contributed by atoms with E-state index in [1.165, 1.54) is 11.3 Å². The largest absolute Gasteiger partial charge is 0.329 e. The predicted octanol–water partition coefficient (Wildman–Crippen LogP) is 2.49. The summed E-state index contributed by atoms with van der Waals surface area (Å²) >= 11 is 13.1. The molecule has 0 saturated carbocycles. The van der Waals surface area contributed by atoms with Crippen LogP contribution in [0.2, 0.25) is 8.67 Å². The Morgan fingerprint density at radius 2 is 2.31 bits per heavy atom. The van der Waals surface area contributed by atoms with Crippen LogP contribution >= 0.6 is 34.5 Å². The fourth-order valence-corrected chi connectivity index (χ4v) is 2.35. The van der Waals surface area contributed by atoms with Crippen molar-refractivity contribution < 1.29 is 0 Å². The third kappa shape index (κ3) is 3.44. The second kappa shape index (κ2) is 5.17. The highest BCUT2D eigenvalue weighted by atomic mass is 35.5. The quantitative estimate of drug-likeness (QED) is 0.847. The Kier molecular flexibility index (Phi) is 4.49. The van der Waals surface area contributed by atoms with Crippen molar-refractivity contribution in [2.75, 3.05) is 6.54 Å². The van der Waals surface area contributed by atoms with Gasteiger partial charge in [-0.3, -0.25) is 0 Å². The molecule has 5 heteroatoms. The molecular formula is C8H12Cl2N2S. The van der Waals surface area contributed by atoms with Crippen LogP contribution in [0.1, 0.15) is 12.5 Å². The van der Waals surface area contributed by atoms with Gasteiger partial charge in [-0.2, -0.15) is 0 Å². The van der Waals surface area contributed by atoms with Crippen molar-refractivity contribution in [1.29, 1.82) is 0 Å². The molecule has 1 atom stereocenters. The van der Waals surface area contributed by atoms with Gasteiger partial charge in [0.1, 0.15) is 0 Å². The lowest BCUT2D eigenvalue weighted by atomic mass is 10.3. The van der Waals surface area contributed by atoms with Crippen LogP contribution in [0.25, 0.3) is 0 Å². The number of nitrogens with two attached hydrogens (primary N) is 1. The highest BCUT2D eigenvalue weighted by molar-refractivity contribution is 7.20. The minimum Gasteiger partial charge on any atom is -0.329 e. The number of hydrogen-bond acceptors (Lipinski definition) is 3. The van der Waals surface area contributed by atoms with E-state index in [4.69, 9.17) is 28.9 Å². The second-order valence-electron chi connectivity index (χ2n) is 2.87. The first-order valence-corrected chi connectivity index (χ1v) is 5.58. The van der Waals surface area contributed by atoms with Gasteiger partial charge in [0.2, 0.25) is 0 Å². The van der Waals surface area contributed by atoms with Gasteiger partial charge in [-0.05, 0) is 18.6 Å². The van der Waals surface area contributed by atoms with E-state index in [0.717, 1.165) is 20.8 Å². The molecule has 0 amide bonds. The highest BCUT2D eigenvalue weighted by Gasteiger charge is 2.06. The summed E-state index contributed by atoms with van der Waals surface area (Å²) in [6.07, 6.45) is 0. The van der Waals surface area contributed by atoms with Gasteiger partial charge in [-0.1, -0.05) is 23.2 Å². The van der Waals surface area contributed by atoms with Crippen LogP contribution < -0.4 is 11.1 Å². The molecule has 0 aliphatic heterocycles. The summed E-state index contributed by atoms with van der Waals surface area (Å²) in [5.74, 6) is 0. The molecule has 1 aromatic rings. The third-order valence-electron chi connectivity index (χ3n) is 1.72. The van der Waals surface area contributed by atoms with Crippen molar-refractivity contribution >= 4 is 34.5 Å². The van der Waals surface area contributed by atoms with Crippen molar-refractivity contribution in [3.63, 3.8) is 0 Å². The van der Waals surface area contributed by atoms with Crippen LogP contribution in [0.5, 0.6) is 0 Å². The topological polar surface area (TPSA) is 38.0 Å². The summed E-state index contributed by atoms with van der Waals surface area (Å²) < 4.78 is 1.48. The third-order valence-corrected chi connectivity index (χ3v) is 3.29. The number of thiophene rings is 1. The lowest BCUT2D eigenvalue weighted by Crippen LogP contribution is -2.32. The summed E-state index contributed by atoms with van der Waals surface area (Å²) in [5.41, 5.74) is 6.50. The van der Waals surface area contributed by atoms with E-state index in [9.17, 15) is 0 Å². The van der Waals surface area contributed by atoms with Crippen molar-refractivity contribution in [3.05, 3.63) is 20.3 Å². The van der Waals surface area contributed by atoms with E-state index < -0.39 is 0 Å². The molecule has 0 aromatic carbocycles. The summed E-state index contributed by atoms with van der Waals surface area (Å²) in [4.78, 5) is 0. The Hall–Kier alpha value is 0.200. The van der Waals surface area contributed by atoms with Gasteiger partial charge in [-0.15, -0.1) is 11.3 Å². The number of nitrogens with one attached hydrogen (secondary N) is 1. The van der Waals surface area contributed by atoms with Gasteiger partial charge in [0, 0.05) is 19.1 Å².